The van der Waals surface area contributed by atoms with Gasteiger partial charge in [-0.3, -0.25) is 4.68 Å². The van der Waals surface area contributed by atoms with Crippen LogP contribution in [0.1, 0.15) is 18.7 Å². The zero-order valence-electron chi connectivity index (χ0n) is 10.2. The van der Waals surface area contributed by atoms with E-state index in [0.717, 1.165) is 19.4 Å². The van der Waals surface area contributed by atoms with E-state index < -0.39 is 0 Å². The third-order valence-corrected chi connectivity index (χ3v) is 3.12. The van der Waals surface area contributed by atoms with E-state index in [1.54, 1.807) is 17.9 Å². The Balaban J connectivity index is 1.78. The molecule has 0 aliphatic carbocycles. The summed E-state index contributed by atoms with van der Waals surface area (Å²) < 4.78 is 12.3. The van der Waals surface area contributed by atoms with Gasteiger partial charge in [0.1, 0.15) is 11.4 Å². The van der Waals surface area contributed by atoms with E-state index in [1.807, 2.05) is 0 Å². The van der Waals surface area contributed by atoms with E-state index in [0.29, 0.717) is 29.5 Å². The van der Waals surface area contributed by atoms with Gasteiger partial charge in [-0.1, -0.05) is 5.16 Å². The predicted molar refractivity (Wildman–Crippen MR) is 63.6 cm³/mol. The summed E-state index contributed by atoms with van der Waals surface area (Å²) in [4.78, 5) is 4.33. The molecule has 0 radical (unpaired) electrons. The SMILES string of the molecule is Cn1ncc(-c2nc(CC3CCCO3)no2)c1N. The predicted octanol–water partition coefficient (Wildman–Crippen LogP) is 0.774. The smallest absolute Gasteiger partial charge is 0.263 e. The van der Waals surface area contributed by atoms with E-state index in [1.165, 1.54) is 0 Å². The molecule has 0 saturated carbocycles. The van der Waals surface area contributed by atoms with E-state index in [-0.39, 0.29) is 6.10 Å². The Morgan fingerprint density at radius 1 is 1.56 bits per heavy atom. The molecule has 96 valence electrons. The second kappa shape index (κ2) is 4.41. The van der Waals surface area contributed by atoms with E-state index in [4.69, 9.17) is 15.0 Å². The first-order valence-electron chi connectivity index (χ1n) is 5.96. The molecule has 18 heavy (non-hydrogen) atoms. The Hall–Kier alpha value is -1.89. The number of nitrogens with two attached hydrogens (primary N) is 1. The molecular weight excluding hydrogens is 234 g/mol. The first-order valence-corrected chi connectivity index (χ1v) is 5.96. The van der Waals surface area contributed by atoms with Crippen molar-refractivity contribution in [2.24, 2.45) is 7.05 Å². The monoisotopic (exact) mass is 249 g/mol. The Morgan fingerprint density at radius 2 is 2.44 bits per heavy atom. The highest BCUT2D eigenvalue weighted by atomic mass is 16.5. The molecule has 1 atom stereocenters. The van der Waals surface area contributed by atoms with Gasteiger partial charge in [-0.05, 0) is 12.8 Å². The second-order valence-corrected chi connectivity index (χ2v) is 4.42. The van der Waals surface area contributed by atoms with Gasteiger partial charge < -0.3 is 15.0 Å². The van der Waals surface area contributed by atoms with Gasteiger partial charge in [0.15, 0.2) is 5.82 Å². The fraction of sp³-hybridized carbons (Fsp3) is 0.545. The molecule has 7 nitrogen and oxygen atoms in total. The second-order valence-electron chi connectivity index (χ2n) is 4.42. The van der Waals surface area contributed by atoms with Crippen molar-refractivity contribution in [1.29, 1.82) is 0 Å². The van der Waals surface area contributed by atoms with Gasteiger partial charge in [0.25, 0.3) is 5.89 Å². The van der Waals surface area contributed by atoms with Crippen LogP contribution in [0, 0.1) is 0 Å². The molecule has 1 unspecified atom stereocenters. The third-order valence-electron chi connectivity index (χ3n) is 3.12. The molecule has 7 heteroatoms. The average Bonchev–Trinajstić information content (AvgIpc) is 3.05. The summed E-state index contributed by atoms with van der Waals surface area (Å²) in [7, 11) is 1.77. The Bertz CT molecular complexity index is 541. The third kappa shape index (κ3) is 1.97. The molecule has 0 amide bonds. The Labute approximate surface area is 104 Å². The summed E-state index contributed by atoms with van der Waals surface area (Å²) in [6.45, 7) is 0.824. The number of aromatic nitrogens is 4. The fourth-order valence-electron chi connectivity index (χ4n) is 2.07. The van der Waals surface area contributed by atoms with Crippen LogP contribution in [0.15, 0.2) is 10.7 Å². The van der Waals surface area contributed by atoms with Crippen molar-refractivity contribution < 1.29 is 9.26 Å². The summed E-state index contributed by atoms with van der Waals surface area (Å²) in [6.07, 6.45) is 4.67. The van der Waals surface area contributed by atoms with Gasteiger partial charge >= 0.3 is 0 Å². The van der Waals surface area contributed by atoms with Crippen LogP contribution in [0.5, 0.6) is 0 Å². The van der Waals surface area contributed by atoms with Crippen LogP contribution in [0.2, 0.25) is 0 Å². The zero-order valence-corrected chi connectivity index (χ0v) is 10.2. The lowest BCUT2D eigenvalue weighted by molar-refractivity contribution is 0.109. The summed E-state index contributed by atoms with van der Waals surface area (Å²) >= 11 is 0. The Morgan fingerprint density at radius 3 is 3.11 bits per heavy atom. The van der Waals surface area contributed by atoms with Crippen molar-refractivity contribution >= 4 is 5.82 Å². The molecule has 3 rings (SSSR count). The number of aryl methyl sites for hydroxylation is 1. The normalized spacial score (nSPS) is 19.5. The first-order chi connectivity index (χ1) is 8.74. The molecule has 3 heterocycles. The van der Waals surface area contributed by atoms with Gasteiger partial charge in [-0.2, -0.15) is 10.1 Å². The lowest BCUT2D eigenvalue weighted by atomic mass is 10.2. The van der Waals surface area contributed by atoms with Crippen molar-refractivity contribution in [3.8, 4) is 11.5 Å². The van der Waals surface area contributed by atoms with Crippen LogP contribution < -0.4 is 5.73 Å². The number of nitrogens with zero attached hydrogens (tertiary/aromatic N) is 4. The van der Waals surface area contributed by atoms with Crippen molar-refractivity contribution in [1.82, 2.24) is 19.9 Å². The molecule has 2 aromatic rings. The van der Waals surface area contributed by atoms with Gasteiger partial charge in [0.2, 0.25) is 0 Å². The maximum atomic E-state index is 5.86. The van der Waals surface area contributed by atoms with Crippen LogP contribution >= 0.6 is 0 Å². The highest BCUT2D eigenvalue weighted by molar-refractivity contribution is 5.66. The van der Waals surface area contributed by atoms with Crippen LogP contribution in [-0.2, 0) is 18.2 Å². The number of rotatable bonds is 3. The minimum absolute atomic E-state index is 0.210. The molecule has 1 aliphatic heterocycles. The quantitative estimate of drug-likeness (QED) is 0.863. The topological polar surface area (TPSA) is 92.0 Å². The van der Waals surface area contributed by atoms with Crippen molar-refractivity contribution in [2.45, 2.75) is 25.4 Å². The van der Waals surface area contributed by atoms with Crippen molar-refractivity contribution in [2.75, 3.05) is 12.3 Å². The molecule has 2 aromatic heterocycles. The number of hydrogen-bond acceptors (Lipinski definition) is 6. The standard InChI is InChI=1S/C11H15N5O2/c1-16-10(12)8(6-13-16)11-14-9(15-18-11)5-7-3-2-4-17-7/h6-7H,2-5,12H2,1H3. The van der Waals surface area contributed by atoms with Crippen LogP contribution in [0.4, 0.5) is 5.82 Å². The van der Waals surface area contributed by atoms with Gasteiger partial charge in [0, 0.05) is 20.1 Å². The molecule has 1 aliphatic rings. The number of anilines is 1. The van der Waals surface area contributed by atoms with Crippen LogP contribution in [0.25, 0.3) is 11.5 Å². The summed E-state index contributed by atoms with van der Waals surface area (Å²) in [5, 5.41) is 7.99. The summed E-state index contributed by atoms with van der Waals surface area (Å²) in [6, 6.07) is 0. The lowest BCUT2D eigenvalue weighted by Crippen LogP contribution is -2.09. The van der Waals surface area contributed by atoms with Crippen LogP contribution in [-0.4, -0.2) is 32.6 Å². The molecule has 1 saturated heterocycles. The molecule has 0 spiro atoms. The van der Waals surface area contributed by atoms with Crippen molar-refractivity contribution in [3.63, 3.8) is 0 Å². The first kappa shape index (κ1) is 11.2. The fourth-order valence-corrected chi connectivity index (χ4v) is 2.07. The highest BCUT2D eigenvalue weighted by Gasteiger charge is 2.20. The largest absolute Gasteiger partial charge is 0.383 e. The number of ether oxygens (including phenoxy) is 1. The van der Waals surface area contributed by atoms with Gasteiger partial charge in [0.05, 0.1) is 12.3 Å². The maximum Gasteiger partial charge on any atom is 0.263 e. The highest BCUT2D eigenvalue weighted by Crippen LogP contribution is 2.24. The number of hydrogen-bond donors (Lipinski definition) is 1. The van der Waals surface area contributed by atoms with Crippen LogP contribution in [0.3, 0.4) is 0 Å². The maximum absolute atomic E-state index is 5.86. The minimum atomic E-state index is 0.210. The molecule has 1 fully saturated rings. The number of nitrogen functional groups attached to an aromatic ring is 1. The molecular formula is C11H15N5O2. The average molecular weight is 249 g/mol. The Kier molecular flexibility index (Phi) is 2.75. The lowest BCUT2D eigenvalue weighted by Gasteiger charge is -2.03. The molecule has 2 N–H and O–H groups in total. The van der Waals surface area contributed by atoms with Gasteiger partial charge in [-0.15, -0.1) is 0 Å². The van der Waals surface area contributed by atoms with Crippen molar-refractivity contribution in [3.05, 3.63) is 12.0 Å². The molecule has 0 aromatic carbocycles. The zero-order chi connectivity index (χ0) is 12.5. The van der Waals surface area contributed by atoms with E-state index in [2.05, 4.69) is 15.2 Å². The summed E-state index contributed by atoms with van der Waals surface area (Å²) in [5.74, 6) is 1.58. The summed E-state index contributed by atoms with van der Waals surface area (Å²) in [5.41, 5.74) is 6.53. The van der Waals surface area contributed by atoms with Gasteiger partial charge in [-0.25, -0.2) is 0 Å². The van der Waals surface area contributed by atoms with E-state index in [9.17, 15) is 0 Å². The van der Waals surface area contributed by atoms with E-state index >= 15 is 0 Å². The minimum Gasteiger partial charge on any atom is -0.383 e. The molecule has 0 bridgehead atoms.